The van der Waals surface area contributed by atoms with Gasteiger partial charge in [0.25, 0.3) is 0 Å². The Kier molecular flexibility index (Phi) is 6.35. The normalized spacial score (nSPS) is 15.2. The van der Waals surface area contributed by atoms with Crippen molar-refractivity contribution in [2.45, 2.75) is 70.5 Å². The first kappa shape index (κ1) is 19.0. The van der Waals surface area contributed by atoms with Crippen molar-refractivity contribution in [3.05, 3.63) is 35.2 Å². The highest BCUT2D eigenvalue weighted by molar-refractivity contribution is 7.99. The largest absolute Gasteiger partial charge is 0.325 e. The molecule has 1 aliphatic carbocycles. The van der Waals surface area contributed by atoms with Crippen molar-refractivity contribution >= 4 is 23.4 Å². The quantitative estimate of drug-likeness (QED) is 0.747. The molecule has 5 nitrogen and oxygen atoms in total. The minimum absolute atomic E-state index is 0.0110. The number of aryl methyl sites for hydroxylation is 2. The molecule has 26 heavy (non-hydrogen) atoms. The van der Waals surface area contributed by atoms with E-state index in [1.54, 1.807) is 0 Å². The molecule has 1 fully saturated rings. The van der Waals surface area contributed by atoms with Gasteiger partial charge in [-0.3, -0.25) is 4.79 Å². The lowest BCUT2D eigenvalue weighted by atomic mass is 9.89. The number of rotatable bonds is 6. The van der Waals surface area contributed by atoms with Gasteiger partial charge in [-0.25, -0.2) is 0 Å². The predicted octanol–water partition coefficient (Wildman–Crippen LogP) is 4.69. The van der Waals surface area contributed by atoms with Gasteiger partial charge in [0, 0.05) is 18.2 Å². The van der Waals surface area contributed by atoms with Crippen LogP contribution >= 0.6 is 11.8 Å². The van der Waals surface area contributed by atoms with Gasteiger partial charge in [-0.05, 0) is 56.9 Å². The van der Waals surface area contributed by atoms with Gasteiger partial charge in [0.2, 0.25) is 5.91 Å². The molecule has 1 amide bonds. The fourth-order valence-electron chi connectivity index (χ4n) is 3.51. The van der Waals surface area contributed by atoms with Gasteiger partial charge in [0.1, 0.15) is 5.82 Å². The van der Waals surface area contributed by atoms with Gasteiger partial charge in [-0.2, -0.15) is 0 Å². The molecule has 0 spiro atoms. The fourth-order valence-corrected chi connectivity index (χ4v) is 4.32. The SMILES string of the molecule is CCn1c(SCC(=O)Nc2ccc(C)c(C)c2)nnc1C1CCCCC1. The molecule has 1 aliphatic rings. The van der Waals surface area contributed by atoms with Crippen LogP contribution in [-0.2, 0) is 11.3 Å². The topological polar surface area (TPSA) is 59.8 Å². The maximum Gasteiger partial charge on any atom is 0.234 e. The highest BCUT2D eigenvalue weighted by Crippen LogP contribution is 2.33. The summed E-state index contributed by atoms with van der Waals surface area (Å²) in [5.41, 5.74) is 3.25. The van der Waals surface area contributed by atoms with Crippen LogP contribution in [0.3, 0.4) is 0 Å². The smallest absolute Gasteiger partial charge is 0.234 e. The van der Waals surface area contributed by atoms with Crippen LogP contribution in [0.2, 0.25) is 0 Å². The number of hydrogen-bond acceptors (Lipinski definition) is 4. The van der Waals surface area contributed by atoms with E-state index in [0.717, 1.165) is 23.2 Å². The minimum atomic E-state index is -0.0110. The second kappa shape index (κ2) is 8.71. The van der Waals surface area contributed by atoms with Gasteiger partial charge in [0.15, 0.2) is 5.16 Å². The summed E-state index contributed by atoms with van der Waals surface area (Å²) in [6, 6.07) is 5.98. The molecule has 3 rings (SSSR count). The lowest BCUT2D eigenvalue weighted by Crippen LogP contribution is -2.15. The maximum absolute atomic E-state index is 12.3. The van der Waals surface area contributed by atoms with E-state index in [1.165, 1.54) is 55.0 Å². The molecule has 2 aromatic rings. The molecule has 1 N–H and O–H groups in total. The summed E-state index contributed by atoms with van der Waals surface area (Å²) in [5.74, 6) is 1.96. The number of nitrogens with zero attached hydrogens (tertiary/aromatic N) is 3. The molecular weight excluding hydrogens is 344 g/mol. The van der Waals surface area contributed by atoms with E-state index < -0.39 is 0 Å². The Morgan fingerprint density at radius 1 is 1.19 bits per heavy atom. The Morgan fingerprint density at radius 3 is 2.65 bits per heavy atom. The summed E-state index contributed by atoms with van der Waals surface area (Å²) in [5, 5.41) is 12.6. The molecule has 0 bridgehead atoms. The second-order valence-electron chi connectivity index (χ2n) is 7.06. The molecule has 0 radical (unpaired) electrons. The standard InChI is InChI=1S/C20H28N4OS/c1-4-24-19(16-8-6-5-7-9-16)22-23-20(24)26-13-18(25)21-17-11-10-14(2)15(3)12-17/h10-12,16H,4-9,13H2,1-3H3,(H,21,25). The van der Waals surface area contributed by atoms with Crippen LogP contribution in [0.25, 0.3) is 0 Å². The molecule has 0 saturated heterocycles. The summed E-state index contributed by atoms with van der Waals surface area (Å²) in [7, 11) is 0. The third-order valence-corrected chi connectivity index (χ3v) is 6.12. The summed E-state index contributed by atoms with van der Waals surface area (Å²) < 4.78 is 2.18. The number of carbonyl (C=O) groups excluding carboxylic acids is 1. The van der Waals surface area contributed by atoms with Crippen molar-refractivity contribution < 1.29 is 4.79 Å². The van der Waals surface area contributed by atoms with E-state index in [1.807, 2.05) is 18.2 Å². The monoisotopic (exact) mass is 372 g/mol. The van der Waals surface area contributed by atoms with Gasteiger partial charge in [-0.1, -0.05) is 37.1 Å². The van der Waals surface area contributed by atoms with Crippen molar-refractivity contribution in [1.29, 1.82) is 0 Å². The van der Waals surface area contributed by atoms with Gasteiger partial charge >= 0.3 is 0 Å². The summed E-state index contributed by atoms with van der Waals surface area (Å²) in [6.07, 6.45) is 6.30. The van der Waals surface area contributed by atoms with Crippen LogP contribution in [0.4, 0.5) is 5.69 Å². The Hall–Kier alpha value is -1.82. The van der Waals surface area contributed by atoms with Crippen molar-refractivity contribution in [3.63, 3.8) is 0 Å². The average Bonchev–Trinajstić information content (AvgIpc) is 3.07. The minimum Gasteiger partial charge on any atom is -0.325 e. The van der Waals surface area contributed by atoms with Crippen LogP contribution in [0.15, 0.2) is 23.4 Å². The van der Waals surface area contributed by atoms with E-state index >= 15 is 0 Å². The van der Waals surface area contributed by atoms with Crippen LogP contribution < -0.4 is 5.32 Å². The van der Waals surface area contributed by atoms with Crippen molar-refractivity contribution in [2.24, 2.45) is 0 Å². The van der Waals surface area contributed by atoms with Crippen molar-refractivity contribution in [1.82, 2.24) is 14.8 Å². The maximum atomic E-state index is 12.3. The van der Waals surface area contributed by atoms with Crippen LogP contribution in [0.5, 0.6) is 0 Å². The third-order valence-electron chi connectivity index (χ3n) is 5.16. The van der Waals surface area contributed by atoms with E-state index in [2.05, 4.69) is 40.9 Å². The number of nitrogens with one attached hydrogen (secondary N) is 1. The van der Waals surface area contributed by atoms with Gasteiger partial charge < -0.3 is 9.88 Å². The molecule has 1 aromatic heterocycles. The lowest BCUT2D eigenvalue weighted by molar-refractivity contribution is -0.113. The summed E-state index contributed by atoms with van der Waals surface area (Å²) >= 11 is 1.47. The van der Waals surface area contributed by atoms with Crippen molar-refractivity contribution in [2.75, 3.05) is 11.1 Å². The van der Waals surface area contributed by atoms with E-state index in [4.69, 9.17) is 0 Å². The lowest BCUT2D eigenvalue weighted by Gasteiger charge is -2.21. The van der Waals surface area contributed by atoms with E-state index in [-0.39, 0.29) is 5.91 Å². The van der Waals surface area contributed by atoms with Crippen molar-refractivity contribution in [3.8, 4) is 0 Å². The van der Waals surface area contributed by atoms with Gasteiger partial charge in [-0.15, -0.1) is 10.2 Å². The molecule has 1 heterocycles. The van der Waals surface area contributed by atoms with E-state index in [9.17, 15) is 4.79 Å². The van der Waals surface area contributed by atoms with Gasteiger partial charge in [0.05, 0.1) is 5.75 Å². The molecule has 0 aliphatic heterocycles. The zero-order valence-corrected chi connectivity index (χ0v) is 16.7. The van der Waals surface area contributed by atoms with E-state index in [0.29, 0.717) is 11.7 Å². The van der Waals surface area contributed by atoms with Crippen LogP contribution in [0, 0.1) is 13.8 Å². The predicted molar refractivity (Wildman–Crippen MR) is 107 cm³/mol. The van der Waals surface area contributed by atoms with Crippen LogP contribution in [-0.4, -0.2) is 26.4 Å². The summed E-state index contributed by atoms with van der Waals surface area (Å²) in [6.45, 7) is 7.09. The highest BCUT2D eigenvalue weighted by Gasteiger charge is 2.23. The first-order valence-electron chi connectivity index (χ1n) is 9.51. The number of hydrogen-bond donors (Lipinski definition) is 1. The molecule has 0 atom stereocenters. The number of aromatic nitrogens is 3. The molecule has 1 saturated carbocycles. The average molecular weight is 373 g/mol. The summed E-state index contributed by atoms with van der Waals surface area (Å²) in [4.78, 5) is 12.3. The Labute approximate surface area is 160 Å². The fraction of sp³-hybridized carbons (Fsp3) is 0.550. The molecule has 6 heteroatoms. The zero-order valence-electron chi connectivity index (χ0n) is 15.9. The highest BCUT2D eigenvalue weighted by atomic mass is 32.2. The number of amides is 1. The first-order valence-corrected chi connectivity index (χ1v) is 10.5. The number of anilines is 1. The Morgan fingerprint density at radius 2 is 1.96 bits per heavy atom. The molecule has 0 unspecified atom stereocenters. The molecular formula is C20H28N4OS. The Balaban J connectivity index is 1.61. The second-order valence-corrected chi connectivity index (χ2v) is 8.00. The van der Waals surface area contributed by atoms with Crippen LogP contribution in [0.1, 0.15) is 61.9 Å². The first-order chi connectivity index (χ1) is 12.6. The molecule has 1 aromatic carbocycles. The Bertz CT molecular complexity index is 765. The zero-order chi connectivity index (χ0) is 18.5. The molecule has 140 valence electrons. The number of thioether (sulfide) groups is 1. The number of benzene rings is 1. The number of carbonyl (C=O) groups is 1. The third kappa shape index (κ3) is 4.47.